The molecular formula is C29H30F9N7O3. The number of amides is 2. The number of nitrogens with one attached hydrogen (secondary N) is 2. The van der Waals surface area contributed by atoms with E-state index < -0.39 is 105 Å². The maximum absolute atomic E-state index is 16.3. The van der Waals surface area contributed by atoms with Gasteiger partial charge in [0.25, 0.3) is 12.3 Å². The van der Waals surface area contributed by atoms with Crippen LogP contribution in [0.3, 0.4) is 0 Å². The topological polar surface area (TPSA) is 120 Å². The van der Waals surface area contributed by atoms with Crippen LogP contribution >= 0.6 is 0 Å². The van der Waals surface area contributed by atoms with Gasteiger partial charge in [-0.05, 0) is 42.5 Å². The molecule has 1 aromatic carbocycles. The molecule has 19 heteroatoms. The number of aryl methyl sites for hydroxylation is 1. The Hall–Kier alpha value is -3.90. The van der Waals surface area contributed by atoms with E-state index >= 15 is 4.39 Å². The van der Waals surface area contributed by atoms with Crippen molar-refractivity contribution in [2.75, 3.05) is 32.7 Å². The normalized spacial score (nSPS) is 24.9. The number of hydrogen-bond donors (Lipinski definition) is 2. The lowest BCUT2D eigenvalue weighted by Crippen LogP contribution is -2.39. The quantitative estimate of drug-likeness (QED) is 0.316. The number of rotatable bonds is 8. The standard InChI is InChI=1S/C29H30F9N7O3/c1-13-21(43-48-42-13)25(46)41-22(14-4-6-27(33,34)7-5-14)24-39-18-3-2-15(20(32)23(18)40-24)16-8-44(10-19(30)31)9-17(16)26(47)45-11-28(35,36)29(37,38)12-45/h2-3,14,16-17,19,22H,4-12H2,1H3,(H,39,40)(H,41,46)/t16-,17-,22+/m1/s1. The fraction of sp³-hybridized carbons (Fsp3) is 0.621. The molecule has 0 spiro atoms. The van der Waals surface area contributed by atoms with Crippen LogP contribution in [0.15, 0.2) is 16.8 Å². The number of alkyl halides is 8. The molecule has 3 aliphatic rings. The number of H-pyrrole nitrogens is 1. The molecule has 2 aromatic heterocycles. The highest BCUT2D eigenvalue weighted by molar-refractivity contribution is 5.93. The molecule has 2 aliphatic heterocycles. The molecule has 4 heterocycles. The van der Waals surface area contributed by atoms with Crippen LogP contribution in [0.25, 0.3) is 11.0 Å². The van der Waals surface area contributed by atoms with Crippen LogP contribution in [0.4, 0.5) is 39.5 Å². The lowest BCUT2D eigenvalue weighted by atomic mass is 9.81. The summed E-state index contributed by atoms with van der Waals surface area (Å²) in [6.45, 7) is -3.24. The summed E-state index contributed by atoms with van der Waals surface area (Å²) in [6.07, 6.45) is -3.81. The van der Waals surface area contributed by atoms with Crippen LogP contribution in [-0.4, -0.2) is 98.8 Å². The van der Waals surface area contributed by atoms with E-state index in [-0.39, 0.29) is 58.1 Å². The zero-order valence-corrected chi connectivity index (χ0v) is 25.3. The molecule has 2 saturated heterocycles. The smallest absolute Gasteiger partial charge is 0.329 e. The van der Waals surface area contributed by atoms with E-state index in [1.165, 1.54) is 19.1 Å². The second kappa shape index (κ2) is 12.2. The minimum atomic E-state index is -4.50. The minimum Gasteiger partial charge on any atom is -0.340 e. The summed E-state index contributed by atoms with van der Waals surface area (Å²) in [5.41, 5.74) is -0.375. The summed E-state index contributed by atoms with van der Waals surface area (Å²) in [6, 6.07) is 1.60. The van der Waals surface area contributed by atoms with E-state index in [0.717, 1.165) is 4.90 Å². The first-order valence-electron chi connectivity index (χ1n) is 15.2. The lowest BCUT2D eigenvalue weighted by Gasteiger charge is -2.33. The van der Waals surface area contributed by atoms with Crippen LogP contribution in [0.2, 0.25) is 0 Å². The van der Waals surface area contributed by atoms with Gasteiger partial charge >= 0.3 is 11.8 Å². The number of carbonyl (C=O) groups is 2. The fourth-order valence-corrected chi connectivity index (χ4v) is 6.91. The number of aromatic amines is 1. The number of halogens is 9. The second-order valence-electron chi connectivity index (χ2n) is 12.8. The molecule has 1 saturated carbocycles. The molecular weight excluding hydrogens is 665 g/mol. The molecule has 262 valence electrons. The van der Waals surface area contributed by atoms with E-state index in [9.17, 15) is 44.7 Å². The maximum atomic E-state index is 16.3. The van der Waals surface area contributed by atoms with Crippen LogP contribution in [0.5, 0.6) is 0 Å². The van der Waals surface area contributed by atoms with Gasteiger partial charge in [-0.2, -0.15) is 17.6 Å². The highest BCUT2D eigenvalue weighted by atomic mass is 19.3. The van der Waals surface area contributed by atoms with Gasteiger partial charge in [-0.3, -0.25) is 14.5 Å². The predicted octanol–water partition coefficient (Wildman–Crippen LogP) is 5.08. The van der Waals surface area contributed by atoms with Gasteiger partial charge in [0, 0.05) is 31.8 Å². The molecule has 3 fully saturated rings. The first kappa shape index (κ1) is 34.0. The second-order valence-corrected chi connectivity index (χ2v) is 12.8. The van der Waals surface area contributed by atoms with Gasteiger partial charge in [-0.15, -0.1) is 0 Å². The van der Waals surface area contributed by atoms with Crippen molar-refractivity contribution in [2.45, 2.75) is 68.8 Å². The maximum Gasteiger partial charge on any atom is 0.329 e. The van der Waals surface area contributed by atoms with E-state index in [2.05, 4.69) is 30.2 Å². The molecule has 10 nitrogen and oxygen atoms in total. The molecule has 3 atom stereocenters. The lowest BCUT2D eigenvalue weighted by molar-refractivity contribution is -0.172. The largest absolute Gasteiger partial charge is 0.340 e. The van der Waals surface area contributed by atoms with Crippen LogP contribution in [0.1, 0.15) is 65.2 Å². The predicted molar refractivity (Wildman–Crippen MR) is 147 cm³/mol. The summed E-state index contributed by atoms with van der Waals surface area (Å²) >= 11 is 0. The summed E-state index contributed by atoms with van der Waals surface area (Å²) in [7, 11) is 0. The highest BCUT2D eigenvalue weighted by Gasteiger charge is 2.64. The number of carbonyl (C=O) groups excluding carboxylic acids is 2. The first-order chi connectivity index (χ1) is 22.5. The SMILES string of the molecule is Cc1nonc1C(=O)N[C@H](c1nc2c(F)c([C@H]3CN(CC(F)F)C[C@H]3C(=O)N3CC(F)(F)C(F)(F)C3)ccc2[nH]1)C1CCC(F)(F)CC1. The number of hydrogen-bond acceptors (Lipinski definition) is 7. The van der Waals surface area contributed by atoms with Gasteiger partial charge in [-0.1, -0.05) is 11.2 Å². The van der Waals surface area contributed by atoms with Crippen molar-refractivity contribution in [3.63, 3.8) is 0 Å². The van der Waals surface area contributed by atoms with E-state index in [0.29, 0.717) is 0 Å². The minimum absolute atomic E-state index is 0.0126. The molecule has 0 bridgehead atoms. The Bertz CT molecular complexity index is 1670. The number of benzene rings is 1. The van der Waals surface area contributed by atoms with Crippen molar-refractivity contribution in [2.24, 2.45) is 11.8 Å². The zero-order valence-electron chi connectivity index (χ0n) is 25.3. The molecule has 1 aliphatic carbocycles. The number of imidazole rings is 1. The monoisotopic (exact) mass is 695 g/mol. The van der Waals surface area contributed by atoms with Gasteiger partial charge in [-0.25, -0.2) is 31.6 Å². The van der Waals surface area contributed by atoms with Gasteiger partial charge in [0.05, 0.1) is 37.1 Å². The van der Waals surface area contributed by atoms with Crippen molar-refractivity contribution in [3.8, 4) is 0 Å². The Morgan fingerprint density at radius 3 is 2.31 bits per heavy atom. The Morgan fingerprint density at radius 2 is 1.71 bits per heavy atom. The molecule has 48 heavy (non-hydrogen) atoms. The van der Waals surface area contributed by atoms with Gasteiger partial charge in [0.15, 0.2) is 11.5 Å². The fourth-order valence-electron chi connectivity index (χ4n) is 6.91. The zero-order chi connectivity index (χ0) is 34.8. The summed E-state index contributed by atoms with van der Waals surface area (Å²) < 4.78 is 131. The third-order valence-corrected chi connectivity index (χ3v) is 9.46. The highest BCUT2D eigenvalue weighted by Crippen LogP contribution is 2.45. The molecule has 6 rings (SSSR count). The average Bonchev–Trinajstić information content (AvgIpc) is 3.76. The van der Waals surface area contributed by atoms with Gasteiger partial charge in [0.2, 0.25) is 11.8 Å². The van der Waals surface area contributed by atoms with Crippen LogP contribution in [-0.2, 0) is 4.79 Å². The van der Waals surface area contributed by atoms with Gasteiger partial charge in [0.1, 0.15) is 17.0 Å². The number of nitrogens with zero attached hydrogens (tertiary/aromatic N) is 5. The van der Waals surface area contributed by atoms with E-state index in [1.54, 1.807) is 0 Å². The van der Waals surface area contributed by atoms with Crippen molar-refractivity contribution < 1.29 is 53.7 Å². The third kappa shape index (κ3) is 6.32. The van der Waals surface area contributed by atoms with Crippen molar-refractivity contribution >= 4 is 22.8 Å². The molecule has 2 amide bonds. The van der Waals surface area contributed by atoms with Crippen molar-refractivity contribution in [1.82, 2.24) is 35.4 Å². The van der Waals surface area contributed by atoms with E-state index in [1.807, 2.05) is 0 Å². The van der Waals surface area contributed by atoms with E-state index in [4.69, 9.17) is 0 Å². The Kier molecular flexibility index (Phi) is 8.64. The Labute approximate surface area is 266 Å². The number of aromatic nitrogens is 4. The Balaban J connectivity index is 1.33. The van der Waals surface area contributed by atoms with Crippen molar-refractivity contribution in [3.05, 3.63) is 40.7 Å². The number of fused-ring (bicyclic) bond motifs is 1. The molecule has 0 radical (unpaired) electrons. The molecule has 3 aromatic rings. The summed E-state index contributed by atoms with van der Waals surface area (Å²) in [5, 5.41) is 9.82. The Morgan fingerprint density at radius 1 is 1.04 bits per heavy atom. The summed E-state index contributed by atoms with van der Waals surface area (Å²) in [5.74, 6) is -17.9. The molecule has 0 unspecified atom stereocenters. The van der Waals surface area contributed by atoms with Crippen molar-refractivity contribution in [1.29, 1.82) is 0 Å². The van der Waals surface area contributed by atoms with Gasteiger partial charge < -0.3 is 15.2 Å². The first-order valence-corrected chi connectivity index (χ1v) is 15.2. The van der Waals surface area contributed by atoms with Crippen LogP contribution < -0.4 is 5.32 Å². The van der Waals surface area contributed by atoms with Crippen LogP contribution in [0, 0.1) is 24.6 Å². The molecule has 2 N–H and O–H groups in total. The third-order valence-electron chi connectivity index (χ3n) is 9.46. The average molecular weight is 696 g/mol. The number of likely N-dealkylation sites (tertiary alicyclic amines) is 2. The summed E-state index contributed by atoms with van der Waals surface area (Å²) in [4.78, 5) is 35.1.